The van der Waals surface area contributed by atoms with Crippen LogP contribution < -0.4 is 5.32 Å². The monoisotopic (exact) mass is 243 g/mol. The number of hydrogen-bond donors (Lipinski definition) is 2. The van der Waals surface area contributed by atoms with Gasteiger partial charge in [-0.15, -0.1) is 10.2 Å². The minimum atomic E-state index is -0.410. The molecule has 1 heterocycles. The molecule has 1 aromatic rings. The quantitative estimate of drug-likeness (QED) is 0.831. The van der Waals surface area contributed by atoms with Crippen molar-refractivity contribution in [1.82, 2.24) is 10.2 Å². The number of halogens is 1. The highest BCUT2D eigenvalue weighted by Gasteiger charge is 2.12. The molecule has 1 rings (SSSR count). The largest absolute Gasteiger partial charge is 0.392 e. The summed E-state index contributed by atoms with van der Waals surface area (Å²) in [5, 5.41) is 20.7. The molecule has 0 bridgehead atoms. The van der Waals surface area contributed by atoms with E-state index in [-0.39, 0.29) is 0 Å². The summed E-state index contributed by atoms with van der Waals surface area (Å²) in [5.41, 5.74) is 2.12. The molecule has 0 fully saturated rings. The van der Waals surface area contributed by atoms with Crippen molar-refractivity contribution in [3.8, 4) is 0 Å². The highest BCUT2D eigenvalue weighted by Crippen LogP contribution is 2.23. The molecule has 5 heteroatoms. The SMILES string of the molecule is CCc1c(Cl)nnc(NC[C@@H](C)O)c1CC. The van der Waals surface area contributed by atoms with Gasteiger partial charge in [-0.2, -0.15) is 0 Å². The van der Waals surface area contributed by atoms with Crippen LogP contribution in [0, 0.1) is 0 Å². The van der Waals surface area contributed by atoms with Crippen molar-refractivity contribution < 1.29 is 5.11 Å². The molecule has 1 aromatic heterocycles. The van der Waals surface area contributed by atoms with Crippen molar-refractivity contribution in [3.63, 3.8) is 0 Å². The highest BCUT2D eigenvalue weighted by molar-refractivity contribution is 6.30. The van der Waals surface area contributed by atoms with Gasteiger partial charge < -0.3 is 10.4 Å². The normalized spacial score (nSPS) is 12.6. The average molecular weight is 244 g/mol. The summed E-state index contributed by atoms with van der Waals surface area (Å²) in [6, 6.07) is 0. The Morgan fingerprint density at radius 1 is 1.25 bits per heavy atom. The Balaban J connectivity index is 3.00. The minimum Gasteiger partial charge on any atom is -0.392 e. The topological polar surface area (TPSA) is 58.0 Å². The number of anilines is 1. The number of rotatable bonds is 5. The first kappa shape index (κ1) is 13.2. The summed E-state index contributed by atoms with van der Waals surface area (Å²) in [7, 11) is 0. The molecule has 0 saturated carbocycles. The zero-order valence-electron chi connectivity index (χ0n) is 9.92. The summed E-state index contributed by atoms with van der Waals surface area (Å²) >= 11 is 5.99. The Morgan fingerprint density at radius 2 is 1.88 bits per heavy atom. The first-order chi connectivity index (χ1) is 7.60. The van der Waals surface area contributed by atoms with Gasteiger partial charge in [0.25, 0.3) is 0 Å². The van der Waals surface area contributed by atoms with E-state index in [1.807, 2.05) is 6.92 Å². The number of aromatic nitrogens is 2. The summed E-state index contributed by atoms with van der Waals surface area (Å²) < 4.78 is 0. The molecule has 0 saturated heterocycles. The smallest absolute Gasteiger partial charge is 0.155 e. The van der Waals surface area contributed by atoms with Crippen LogP contribution in [0.4, 0.5) is 5.82 Å². The van der Waals surface area contributed by atoms with Gasteiger partial charge >= 0.3 is 0 Å². The number of nitrogens with one attached hydrogen (secondary N) is 1. The fourth-order valence-corrected chi connectivity index (χ4v) is 1.89. The molecule has 0 aliphatic rings. The van der Waals surface area contributed by atoms with Gasteiger partial charge in [-0.1, -0.05) is 25.4 Å². The molecule has 0 radical (unpaired) electrons. The lowest BCUT2D eigenvalue weighted by Gasteiger charge is -2.14. The molecule has 1 atom stereocenters. The van der Waals surface area contributed by atoms with Crippen LogP contribution in [0.1, 0.15) is 31.9 Å². The van der Waals surface area contributed by atoms with Crippen molar-refractivity contribution in [2.45, 2.75) is 39.7 Å². The molecule has 0 spiro atoms. The second-order valence-electron chi connectivity index (χ2n) is 3.73. The second-order valence-corrected chi connectivity index (χ2v) is 4.09. The molecule has 90 valence electrons. The van der Waals surface area contributed by atoms with Gasteiger partial charge in [0.1, 0.15) is 0 Å². The van der Waals surface area contributed by atoms with Crippen LogP contribution in [0.5, 0.6) is 0 Å². The minimum absolute atomic E-state index is 0.410. The van der Waals surface area contributed by atoms with Crippen LogP contribution in [-0.4, -0.2) is 28.0 Å². The Kier molecular flexibility index (Phi) is 4.96. The molecule has 16 heavy (non-hydrogen) atoms. The van der Waals surface area contributed by atoms with Crippen molar-refractivity contribution >= 4 is 17.4 Å². The van der Waals surface area contributed by atoms with Crippen LogP contribution in [0.15, 0.2) is 0 Å². The van der Waals surface area contributed by atoms with Crippen LogP contribution >= 0.6 is 11.6 Å². The maximum atomic E-state index is 9.22. The van der Waals surface area contributed by atoms with E-state index in [0.29, 0.717) is 11.7 Å². The summed E-state index contributed by atoms with van der Waals surface area (Å²) in [6.07, 6.45) is 1.27. The van der Waals surface area contributed by atoms with Crippen molar-refractivity contribution in [2.75, 3.05) is 11.9 Å². The Labute approximate surface area is 101 Å². The van der Waals surface area contributed by atoms with Gasteiger partial charge in [-0.3, -0.25) is 0 Å². The molecule has 0 aromatic carbocycles. The molecule has 0 amide bonds. The van der Waals surface area contributed by atoms with Crippen LogP contribution in [0.25, 0.3) is 0 Å². The molecule has 0 aliphatic carbocycles. The average Bonchev–Trinajstić information content (AvgIpc) is 2.26. The molecule has 4 nitrogen and oxygen atoms in total. The lowest BCUT2D eigenvalue weighted by atomic mass is 10.1. The number of hydrogen-bond acceptors (Lipinski definition) is 4. The van der Waals surface area contributed by atoms with Crippen molar-refractivity contribution in [1.29, 1.82) is 0 Å². The van der Waals surface area contributed by atoms with E-state index in [9.17, 15) is 5.11 Å². The molecular weight excluding hydrogens is 226 g/mol. The van der Waals surface area contributed by atoms with Crippen LogP contribution in [0.2, 0.25) is 5.15 Å². The zero-order chi connectivity index (χ0) is 12.1. The van der Waals surface area contributed by atoms with E-state index in [0.717, 1.165) is 29.8 Å². The first-order valence-electron chi connectivity index (χ1n) is 5.55. The molecular formula is C11H18ClN3O. The van der Waals surface area contributed by atoms with Gasteiger partial charge in [0.2, 0.25) is 0 Å². The van der Waals surface area contributed by atoms with Gasteiger partial charge in [0, 0.05) is 12.1 Å². The first-order valence-corrected chi connectivity index (χ1v) is 5.93. The van der Waals surface area contributed by atoms with Crippen LogP contribution in [0.3, 0.4) is 0 Å². The highest BCUT2D eigenvalue weighted by atomic mass is 35.5. The molecule has 0 aliphatic heterocycles. The van der Waals surface area contributed by atoms with Crippen molar-refractivity contribution in [2.24, 2.45) is 0 Å². The maximum Gasteiger partial charge on any atom is 0.155 e. The van der Waals surface area contributed by atoms with E-state index in [4.69, 9.17) is 11.6 Å². The number of aliphatic hydroxyl groups is 1. The summed E-state index contributed by atoms with van der Waals surface area (Å²) in [6.45, 7) is 6.29. The fourth-order valence-electron chi connectivity index (χ4n) is 1.61. The number of aliphatic hydroxyl groups excluding tert-OH is 1. The number of nitrogens with zero attached hydrogens (tertiary/aromatic N) is 2. The predicted molar refractivity (Wildman–Crippen MR) is 66.0 cm³/mol. The third-order valence-electron chi connectivity index (χ3n) is 2.41. The van der Waals surface area contributed by atoms with Gasteiger partial charge in [0.15, 0.2) is 11.0 Å². The fraction of sp³-hybridized carbons (Fsp3) is 0.636. The lowest BCUT2D eigenvalue weighted by Crippen LogP contribution is -2.18. The van der Waals surface area contributed by atoms with E-state index in [1.165, 1.54) is 0 Å². The standard InChI is InChI=1S/C11H18ClN3O/c1-4-8-9(5-2)11(13-6-7(3)16)15-14-10(8)12/h7,16H,4-6H2,1-3H3,(H,13,15)/t7-/m1/s1. The third kappa shape index (κ3) is 3.06. The van der Waals surface area contributed by atoms with E-state index < -0.39 is 6.10 Å². The second kappa shape index (κ2) is 6.01. The van der Waals surface area contributed by atoms with Crippen LogP contribution in [-0.2, 0) is 12.8 Å². The molecule has 0 unspecified atom stereocenters. The molecule has 2 N–H and O–H groups in total. The van der Waals surface area contributed by atoms with Gasteiger partial charge in [-0.05, 0) is 25.3 Å². The lowest BCUT2D eigenvalue weighted by molar-refractivity contribution is 0.208. The van der Waals surface area contributed by atoms with Gasteiger partial charge in [-0.25, -0.2) is 0 Å². The zero-order valence-corrected chi connectivity index (χ0v) is 10.7. The Hall–Kier alpha value is -0.870. The van der Waals surface area contributed by atoms with E-state index in [2.05, 4.69) is 22.4 Å². The summed E-state index contributed by atoms with van der Waals surface area (Å²) in [5.74, 6) is 0.727. The Morgan fingerprint density at radius 3 is 2.38 bits per heavy atom. The van der Waals surface area contributed by atoms with Crippen molar-refractivity contribution in [3.05, 3.63) is 16.3 Å². The van der Waals surface area contributed by atoms with E-state index >= 15 is 0 Å². The summed E-state index contributed by atoms with van der Waals surface area (Å²) in [4.78, 5) is 0. The Bertz CT molecular complexity index is 355. The van der Waals surface area contributed by atoms with E-state index in [1.54, 1.807) is 6.92 Å². The predicted octanol–water partition coefficient (Wildman–Crippen LogP) is 2.05. The third-order valence-corrected chi connectivity index (χ3v) is 2.71. The van der Waals surface area contributed by atoms with Gasteiger partial charge in [0.05, 0.1) is 6.10 Å². The maximum absolute atomic E-state index is 9.22.